The maximum absolute atomic E-state index is 12.9. The summed E-state index contributed by atoms with van der Waals surface area (Å²) in [7, 11) is 0. The second-order valence-electron chi connectivity index (χ2n) is 7.11. The van der Waals surface area contributed by atoms with Crippen molar-refractivity contribution in [2.75, 3.05) is 18.4 Å². The van der Waals surface area contributed by atoms with Crippen LogP contribution in [0.25, 0.3) is 0 Å². The number of hydrogen-bond acceptors (Lipinski definition) is 3. The first kappa shape index (κ1) is 16.2. The summed E-state index contributed by atoms with van der Waals surface area (Å²) in [6.07, 6.45) is 2.85. The molecule has 0 unspecified atom stereocenters. The molecule has 2 aromatic rings. The zero-order chi connectivity index (χ0) is 17.2. The van der Waals surface area contributed by atoms with Crippen LogP contribution in [0.3, 0.4) is 0 Å². The smallest absolute Gasteiger partial charge is 0.245 e. The lowest BCUT2D eigenvalue weighted by Crippen LogP contribution is -2.45. The average molecular weight is 335 g/mol. The molecule has 1 atom stereocenters. The quantitative estimate of drug-likeness (QED) is 0.907. The SMILES string of the molecule is NCc1cccc(C2CCN(C(=O)[C@@H]3Cc4ccccc4N3)CC2)c1. The van der Waals surface area contributed by atoms with Crippen LogP contribution in [0.5, 0.6) is 0 Å². The molecule has 1 fully saturated rings. The van der Waals surface area contributed by atoms with E-state index in [0.29, 0.717) is 12.5 Å². The molecule has 1 saturated heterocycles. The molecular formula is C21H25N3O. The zero-order valence-corrected chi connectivity index (χ0v) is 14.4. The number of carbonyl (C=O) groups is 1. The number of piperidine rings is 1. The van der Waals surface area contributed by atoms with E-state index in [2.05, 4.69) is 41.7 Å². The number of para-hydroxylation sites is 1. The minimum atomic E-state index is -0.102. The van der Waals surface area contributed by atoms with Crippen LogP contribution < -0.4 is 11.1 Å². The average Bonchev–Trinajstić information content (AvgIpc) is 3.12. The highest BCUT2D eigenvalue weighted by Crippen LogP contribution is 2.31. The third-order valence-electron chi connectivity index (χ3n) is 5.53. The Morgan fingerprint density at radius 1 is 1.12 bits per heavy atom. The summed E-state index contributed by atoms with van der Waals surface area (Å²) in [6, 6.07) is 16.7. The van der Waals surface area contributed by atoms with Gasteiger partial charge in [-0.05, 0) is 41.5 Å². The van der Waals surface area contributed by atoms with E-state index in [9.17, 15) is 4.79 Å². The number of nitrogens with one attached hydrogen (secondary N) is 1. The molecule has 2 aliphatic rings. The van der Waals surface area contributed by atoms with Crippen molar-refractivity contribution in [2.24, 2.45) is 5.73 Å². The van der Waals surface area contributed by atoms with Crippen molar-refractivity contribution in [3.05, 3.63) is 65.2 Å². The van der Waals surface area contributed by atoms with E-state index in [1.54, 1.807) is 0 Å². The summed E-state index contributed by atoms with van der Waals surface area (Å²) in [6.45, 7) is 2.26. The highest BCUT2D eigenvalue weighted by molar-refractivity contribution is 5.87. The summed E-state index contributed by atoms with van der Waals surface area (Å²) in [5, 5.41) is 3.38. The number of nitrogens with two attached hydrogens (primary N) is 1. The third kappa shape index (κ3) is 3.27. The number of carbonyl (C=O) groups excluding carboxylic acids is 1. The number of nitrogens with zero attached hydrogens (tertiary/aromatic N) is 1. The maximum Gasteiger partial charge on any atom is 0.245 e. The maximum atomic E-state index is 12.9. The number of amides is 1. The summed E-state index contributed by atoms with van der Waals surface area (Å²) < 4.78 is 0. The molecule has 0 aliphatic carbocycles. The molecule has 0 bridgehead atoms. The van der Waals surface area contributed by atoms with E-state index in [-0.39, 0.29) is 11.9 Å². The summed E-state index contributed by atoms with van der Waals surface area (Å²) in [5.74, 6) is 0.773. The topological polar surface area (TPSA) is 58.4 Å². The standard InChI is InChI=1S/C21H25N3O/c22-14-15-4-3-6-17(12-15)16-8-10-24(11-9-16)21(25)20-13-18-5-1-2-7-19(18)23-20/h1-7,12,16,20,23H,8-11,13-14,22H2/t20-/m0/s1. The van der Waals surface area contributed by atoms with Gasteiger partial charge >= 0.3 is 0 Å². The molecule has 4 rings (SSSR count). The second kappa shape index (κ2) is 6.89. The van der Waals surface area contributed by atoms with Gasteiger partial charge in [0.1, 0.15) is 6.04 Å². The van der Waals surface area contributed by atoms with Gasteiger partial charge in [0.25, 0.3) is 0 Å². The molecule has 2 aliphatic heterocycles. The van der Waals surface area contributed by atoms with Crippen molar-refractivity contribution < 1.29 is 4.79 Å². The van der Waals surface area contributed by atoms with Crippen LogP contribution in [0.4, 0.5) is 5.69 Å². The Morgan fingerprint density at radius 3 is 2.68 bits per heavy atom. The van der Waals surface area contributed by atoms with Crippen LogP contribution in [-0.2, 0) is 17.8 Å². The highest BCUT2D eigenvalue weighted by Gasteiger charge is 2.32. The Bertz CT molecular complexity index is 740. The van der Waals surface area contributed by atoms with E-state index in [4.69, 9.17) is 5.73 Å². The lowest BCUT2D eigenvalue weighted by Gasteiger charge is -2.34. The van der Waals surface area contributed by atoms with Gasteiger partial charge in [0.2, 0.25) is 5.91 Å². The molecule has 25 heavy (non-hydrogen) atoms. The molecule has 3 N–H and O–H groups in total. The molecule has 0 saturated carbocycles. The molecule has 0 spiro atoms. The predicted octanol–water partition coefficient (Wildman–Crippen LogP) is 2.89. The lowest BCUT2D eigenvalue weighted by atomic mass is 9.88. The molecule has 2 aromatic carbocycles. The van der Waals surface area contributed by atoms with Gasteiger partial charge in [-0.25, -0.2) is 0 Å². The first-order chi connectivity index (χ1) is 12.2. The van der Waals surface area contributed by atoms with Crippen molar-refractivity contribution >= 4 is 11.6 Å². The van der Waals surface area contributed by atoms with E-state index in [1.807, 2.05) is 17.0 Å². The summed E-state index contributed by atoms with van der Waals surface area (Å²) >= 11 is 0. The van der Waals surface area contributed by atoms with E-state index in [0.717, 1.165) is 38.0 Å². The molecule has 0 radical (unpaired) electrons. The third-order valence-corrected chi connectivity index (χ3v) is 5.53. The number of rotatable bonds is 3. The first-order valence-corrected chi connectivity index (χ1v) is 9.17. The van der Waals surface area contributed by atoms with E-state index < -0.39 is 0 Å². The van der Waals surface area contributed by atoms with E-state index in [1.165, 1.54) is 16.7 Å². The largest absolute Gasteiger partial charge is 0.373 e. The van der Waals surface area contributed by atoms with Crippen LogP contribution in [-0.4, -0.2) is 29.9 Å². The first-order valence-electron chi connectivity index (χ1n) is 9.17. The van der Waals surface area contributed by atoms with Crippen molar-refractivity contribution in [1.29, 1.82) is 0 Å². The molecule has 130 valence electrons. The van der Waals surface area contributed by atoms with Gasteiger partial charge in [-0.3, -0.25) is 4.79 Å². The molecule has 4 nitrogen and oxygen atoms in total. The Morgan fingerprint density at radius 2 is 1.92 bits per heavy atom. The zero-order valence-electron chi connectivity index (χ0n) is 14.4. The molecular weight excluding hydrogens is 310 g/mol. The van der Waals surface area contributed by atoms with Gasteiger partial charge in [-0.2, -0.15) is 0 Å². The number of anilines is 1. The van der Waals surface area contributed by atoms with Gasteiger partial charge in [-0.1, -0.05) is 42.5 Å². The molecule has 2 heterocycles. The van der Waals surface area contributed by atoms with Gasteiger partial charge in [0.15, 0.2) is 0 Å². The van der Waals surface area contributed by atoms with Crippen LogP contribution >= 0.6 is 0 Å². The van der Waals surface area contributed by atoms with Gasteiger partial charge in [0, 0.05) is 31.7 Å². The van der Waals surface area contributed by atoms with Crippen molar-refractivity contribution in [3.63, 3.8) is 0 Å². The Balaban J connectivity index is 1.36. The predicted molar refractivity (Wildman–Crippen MR) is 100 cm³/mol. The minimum absolute atomic E-state index is 0.102. The molecule has 4 heteroatoms. The van der Waals surface area contributed by atoms with Crippen molar-refractivity contribution in [1.82, 2.24) is 4.90 Å². The van der Waals surface area contributed by atoms with Crippen LogP contribution in [0, 0.1) is 0 Å². The van der Waals surface area contributed by atoms with Gasteiger partial charge in [-0.15, -0.1) is 0 Å². The van der Waals surface area contributed by atoms with Gasteiger partial charge in [0.05, 0.1) is 0 Å². The number of fused-ring (bicyclic) bond motifs is 1. The fraction of sp³-hybridized carbons (Fsp3) is 0.381. The molecule has 1 amide bonds. The normalized spacial score (nSPS) is 20.2. The highest BCUT2D eigenvalue weighted by atomic mass is 16.2. The van der Waals surface area contributed by atoms with Crippen LogP contribution in [0.1, 0.15) is 35.4 Å². The second-order valence-corrected chi connectivity index (χ2v) is 7.11. The van der Waals surface area contributed by atoms with Crippen LogP contribution in [0.2, 0.25) is 0 Å². The van der Waals surface area contributed by atoms with Crippen LogP contribution in [0.15, 0.2) is 48.5 Å². The fourth-order valence-electron chi connectivity index (χ4n) is 4.07. The molecule has 0 aromatic heterocycles. The number of hydrogen-bond donors (Lipinski definition) is 2. The fourth-order valence-corrected chi connectivity index (χ4v) is 4.07. The minimum Gasteiger partial charge on any atom is -0.373 e. The van der Waals surface area contributed by atoms with Crippen molar-refractivity contribution in [3.8, 4) is 0 Å². The van der Waals surface area contributed by atoms with E-state index >= 15 is 0 Å². The van der Waals surface area contributed by atoms with Crippen molar-refractivity contribution in [2.45, 2.75) is 37.8 Å². The number of benzene rings is 2. The lowest BCUT2D eigenvalue weighted by molar-refractivity contribution is -0.132. The Hall–Kier alpha value is -2.33. The Labute approximate surface area is 149 Å². The monoisotopic (exact) mass is 335 g/mol. The summed E-state index contributed by atoms with van der Waals surface area (Å²) in [4.78, 5) is 14.9. The van der Waals surface area contributed by atoms with Gasteiger partial charge < -0.3 is 16.0 Å². The Kier molecular flexibility index (Phi) is 4.45. The number of likely N-dealkylation sites (tertiary alicyclic amines) is 1. The summed E-state index contributed by atoms with van der Waals surface area (Å²) in [5.41, 5.74) is 10.7.